The van der Waals surface area contributed by atoms with E-state index in [0.717, 1.165) is 6.20 Å². The molecule has 1 heterocycles. The zero-order chi connectivity index (χ0) is 13.8. The molecule has 0 saturated carbocycles. The normalized spacial score (nSPS) is 9.89. The molecule has 1 aromatic carbocycles. The van der Waals surface area contributed by atoms with Crippen molar-refractivity contribution < 1.29 is 19.8 Å². The molecule has 1 aromatic heterocycles. The molecule has 0 spiro atoms. The van der Waals surface area contributed by atoms with Crippen LogP contribution < -0.4 is 5.32 Å². The lowest BCUT2D eigenvalue weighted by atomic mass is 10.2. The summed E-state index contributed by atoms with van der Waals surface area (Å²) in [6.07, 6.45) is 2.53. The van der Waals surface area contributed by atoms with Crippen LogP contribution in [0, 0.1) is 0 Å². The molecule has 0 aliphatic carbocycles. The summed E-state index contributed by atoms with van der Waals surface area (Å²) in [7, 11) is 0. The number of rotatable bonds is 3. The van der Waals surface area contributed by atoms with Crippen molar-refractivity contribution in [2.45, 2.75) is 0 Å². The number of aromatic hydroxyl groups is 1. The Hall–Kier alpha value is -2.89. The fraction of sp³-hybridized carbons (Fsp3) is 0. The van der Waals surface area contributed by atoms with Gasteiger partial charge in [0.1, 0.15) is 5.75 Å². The van der Waals surface area contributed by atoms with Crippen LogP contribution in [0.25, 0.3) is 0 Å². The molecule has 0 bridgehead atoms. The van der Waals surface area contributed by atoms with Gasteiger partial charge in [-0.1, -0.05) is 6.07 Å². The van der Waals surface area contributed by atoms with E-state index in [9.17, 15) is 14.7 Å². The molecular formula is C13H10N2O4. The van der Waals surface area contributed by atoms with E-state index in [4.69, 9.17) is 5.11 Å². The van der Waals surface area contributed by atoms with Gasteiger partial charge in [-0.15, -0.1) is 0 Å². The van der Waals surface area contributed by atoms with Gasteiger partial charge in [-0.2, -0.15) is 0 Å². The van der Waals surface area contributed by atoms with Gasteiger partial charge >= 0.3 is 5.97 Å². The quantitative estimate of drug-likeness (QED) is 0.778. The third kappa shape index (κ3) is 2.86. The lowest BCUT2D eigenvalue weighted by Crippen LogP contribution is -2.12. The molecule has 3 N–H and O–H groups in total. The number of carbonyl (C=O) groups is 2. The van der Waals surface area contributed by atoms with Gasteiger partial charge in [0, 0.05) is 11.9 Å². The molecule has 19 heavy (non-hydrogen) atoms. The van der Waals surface area contributed by atoms with E-state index in [1.54, 1.807) is 6.07 Å². The van der Waals surface area contributed by atoms with Gasteiger partial charge in [-0.05, 0) is 24.3 Å². The summed E-state index contributed by atoms with van der Waals surface area (Å²) < 4.78 is 0. The first-order chi connectivity index (χ1) is 9.08. The second-order valence-electron chi connectivity index (χ2n) is 3.73. The number of anilines is 1. The van der Waals surface area contributed by atoms with Gasteiger partial charge in [0.15, 0.2) is 0 Å². The molecule has 0 aliphatic rings. The number of benzene rings is 1. The monoisotopic (exact) mass is 258 g/mol. The molecule has 96 valence electrons. The average Bonchev–Trinajstić information content (AvgIpc) is 2.39. The van der Waals surface area contributed by atoms with Crippen LogP contribution in [0.2, 0.25) is 0 Å². The minimum atomic E-state index is -1.08. The molecule has 2 rings (SSSR count). The second-order valence-corrected chi connectivity index (χ2v) is 3.73. The van der Waals surface area contributed by atoms with Crippen molar-refractivity contribution in [2.24, 2.45) is 0 Å². The van der Waals surface area contributed by atoms with E-state index < -0.39 is 11.9 Å². The first kappa shape index (κ1) is 12.6. The predicted octanol–water partition coefficient (Wildman–Crippen LogP) is 1.74. The summed E-state index contributed by atoms with van der Waals surface area (Å²) >= 11 is 0. The van der Waals surface area contributed by atoms with Crippen LogP contribution in [0.15, 0.2) is 42.7 Å². The van der Waals surface area contributed by atoms with E-state index in [1.807, 2.05) is 0 Å². The Bertz CT molecular complexity index is 640. The van der Waals surface area contributed by atoms with Crippen LogP contribution in [-0.4, -0.2) is 27.1 Å². The third-order valence-electron chi connectivity index (χ3n) is 2.41. The summed E-state index contributed by atoms with van der Waals surface area (Å²) in [6.45, 7) is 0. The standard InChI is InChI=1S/C13H10N2O4/c16-11-7-14-5-4-10(11)12(17)15-9-3-1-2-8(6-9)13(18)19/h1-7,16H,(H,15,17)(H,18,19). The number of carboxylic acids is 1. The predicted molar refractivity (Wildman–Crippen MR) is 67.3 cm³/mol. The summed E-state index contributed by atoms with van der Waals surface area (Å²) in [5.41, 5.74) is 0.466. The van der Waals surface area contributed by atoms with Gasteiger partial charge in [0.2, 0.25) is 0 Å². The molecule has 0 unspecified atom stereocenters. The van der Waals surface area contributed by atoms with Crippen molar-refractivity contribution in [1.29, 1.82) is 0 Å². The van der Waals surface area contributed by atoms with E-state index in [-0.39, 0.29) is 16.9 Å². The topological polar surface area (TPSA) is 99.5 Å². The number of nitrogens with one attached hydrogen (secondary N) is 1. The summed E-state index contributed by atoms with van der Waals surface area (Å²) in [5.74, 6) is -1.86. The van der Waals surface area contributed by atoms with E-state index in [1.165, 1.54) is 30.5 Å². The SMILES string of the molecule is O=C(O)c1cccc(NC(=O)c2ccncc2O)c1. The lowest BCUT2D eigenvalue weighted by molar-refractivity contribution is 0.0696. The Morgan fingerprint density at radius 1 is 1.21 bits per heavy atom. The van der Waals surface area contributed by atoms with Gasteiger partial charge in [0.05, 0.1) is 17.3 Å². The van der Waals surface area contributed by atoms with Gasteiger partial charge in [-0.3, -0.25) is 9.78 Å². The minimum absolute atomic E-state index is 0.0655. The number of amides is 1. The second kappa shape index (κ2) is 5.18. The van der Waals surface area contributed by atoms with Gasteiger partial charge < -0.3 is 15.5 Å². The van der Waals surface area contributed by atoms with Crippen molar-refractivity contribution in [3.05, 3.63) is 53.9 Å². The summed E-state index contributed by atoms with van der Waals surface area (Å²) in [5, 5.41) is 20.8. The molecule has 6 nitrogen and oxygen atoms in total. The van der Waals surface area contributed by atoms with Crippen LogP contribution >= 0.6 is 0 Å². The highest BCUT2D eigenvalue weighted by Crippen LogP contribution is 2.17. The minimum Gasteiger partial charge on any atom is -0.505 e. The molecular weight excluding hydrogens is 248 g/mol. The number of hydrogen-bond acceptors (Lipinski definition) is 4. The highest BCUT2D eigenvalue weighted by molar-refractivity contribution is 6.06. The molecule has 0 radical (unpaired) electrons. The smallest absolute Gasteiger partial charge is 0.335 e. The van der Waals surface area contributed by atoms with Gasteiger partial charge in [0.25, 0.3) is 5.91 Å². The molecule has 6 heteroatoms. The Balaban J connectivity index is 2.22. The Morgan fingerprint density at radius 2 is 2.00 bits per heavy atom. The molecule has 2 aromatic rings. The number of nitrogens with zero attached hydrogens (tertiary/aromatic N) is 1. The molecule has 0 atom stereocenters. The summed E-state index contributed by atoms with van der Waals surface area (Å²) in [4.78, 5) is 26.3. The highest BCUT2D eigenvalue weighted by atomic mass is 16.4. The first-order valence-electron chi connectivity index (χ1n) is 5.35. The van der Waals surface area contributed by atoms with Gasteiger partial charge in [-0.25, -0.2) is 4.79 Å². The van der Waals surface area contributed by atoms with Crippen LogP contribution in [0.5, 0.6) is 5.75 Å². The first-order valence-corrected chi connectivity index (χ1v) is 5.35. The maximum absolute atomic E-state index is 11.9. The van der Waals surface area contributed by atoms with Crippen LogP contribution in [0.3, 0.4) is 0 Å². The highest BCUT2D eigenvalue weighted by Gasteiger charge is 2.11. The zero-order valence-corrected chi connectivity index (χ0v) is 9.70. The summed E-state index contributed by atoms with van der Waals surface area (Å²) in [6, 6.07) is 7.19. The molecule has 0 saturated heterocycles. The number of aromatic carboxylic acids is 1. The van der Waals surface area contributed by atoms with Crippen LogP contribution in [0.1, 0.15) is 20.7 Å². The molecule has 0 fully saturated rings. The number of carboxylic acid groups (broad SMARTS) is 1. The number of hydrogen-bond donors (Lipinski definition) is 3. The average molecular weight is 258 g/mol. The lowest BCUT2D eigenvalue weighted by Gasteiger charge is -2.06. The number of carbonyl (C=O) groups excluding carboxylic acids is 1. The Morgan fingerprint density at radius 3 is 2.68 bits per heavy atom. The third-order valence-corrected chi connectivity index (χ3v) is 2.41. The van der Waals surface area contributed by atoms with E-state index in [2.05, 4.69) is 10.3 Å². The van der Waals surface area contributed by atoms with Crippen molar-refractivity contribution in [1.82, 2.24) is 4.98 Å². The van der Waals surface area contributed by atoms with Crippen LogP contribution in [-0.2, 0) is 0 Å². The fourth-order valence-corrected chi connectivity index (χ4v) is 1.51. The fourth-order valence-electron chi connectivity index (χ4n) is 1.51. The zero-order valence-electron chi connectivity index (χ0n) is 9.70. The van der Waals surface area contributed by atoms with Crippen molar-refractivity contribution in [3.8, 4) is 5.75 Å². The Kier molecular flexibility index (Phi) is 3.42. The van der Waals surface area contributed by atoms with Crippen molar-refractivity contribution in [2.75, 3.05) is 5.32 Å². The number of aromatic nitrogens is 1. The van der Waals surface area contributed by atoms with Crippen molar-refractivity contribution in [3.63, 3.8) is 0 Å². The number of pyridine rings is 1. The maximum atomic E-state index is 11.9. The van der Waals surface area contributed by atoms with Crippen LogP contribution in [0.4, 0.5) is 5.69 Å². The van der Waals surface area contributed by atoms with Crippen molar-refractivity contribution >= 4 is 17.6 Å². The maximum Gasteiger partial charge on any atom is 0.335 e. The van der Waals surface area contributed by atoms with E-state index >= 15 is 0 Å². The molecule has 1 amide bonds. The van der Waals surface area contributed by atoms with E-state index in [0.29, 0.717) is 5.69 Å². The largest absolute Gasteiger partial charge is 0.505 e. The Labute approximate surface area is 108 Å². The molecule has 0 aliphatic heterocycles.